The number of ether oxygens (including phenoxy) is 1. The summed E-state index contributed by atoms with van der Waals surface area (Å²) in [7, 11) is 0. The summed E-state index contributed by atoms with van der Waals surface area (Å²) in [5.74, 6) is 1.73. The standard InChI is InChI=1S/C45H34N2O/c1-45(2)37-17-9-10-18-38(37)47-39-19-11-12-20-41(39)48-42-30-29-40(43(45)44(42)47)46(35-25-21-33(22-26-35)31-13-5-3-6-14-31)36-27-23-34(24-28-36)32-15-7-4-8-16-32/h3-30H,1-2H3. The largest absolute Gasteiger partial charge is 0.453 e. The molecule has 0 unspecified atom stereocenters. The van der Waals surface area contributed by atoms with Gasteiger partial charge in [0.2, 0.25) is 0 Å². The van der Waals surface area contributed by atoms with Gasteiger partial charge in [-0.05, 0) is 82.4 Å². The molecule has 7 aromatic carbocycles. The number of rotatable bonds is 5. The number of anilines is 6. The maximum Gasteiger partial charge on any atom is 0.152 e. The third kappa shape index (κ3) is 4.43. The highest BCUT2D eigenvalue weighted by Gasteiger charge is 2.44. The molecule has 48 heavy (non-hydrogen) atoms. The Kier molecular flexibility index (Phi) is 6.48. The van der Waals surface area contributed by atoms with Crippen LogP contribution in [0.15, 0.2) is 170 Å². The van der Waals surface area contributed by atoms with E-state index in [1.165, 1.54) is 39.1 Å². The van der Waals surface area contributed by atoms with Gasteiger partial charge in [-0.3, -0.25) is 0 Å². The second-order valence-electron chi connectivity index (χ2n) is 13.0. The molecule has 0 saturated heterocycles. The minimum atomic E-state index is -0.324. The minimum absolute atomic E-state index is 0.324. The molecule has 2 aliphatic rings. The first-order valence-electron chi connectivity index (χ1n) is 16.5. The molecule has 0 atom stereocenters. The summed E-state index contributed by atoms with van der Waals surface area (Å²) in [5.41, 5.74) is 13.6. The van der Waals surface area contributed by atoms with E-state index in [1.807, 2.05) is 6.07 Å². The first-order valence-corrected chi connectivity index (χ1v) is 16.5. The van der Waals surface area contributed by atoms with Crippen molar-refractivity contribution in [2.45, 2.75) is 19.3 Å². The molecule has 9 rings (SSSR count). The smallest absolute Gasteiger partial charge is 0.152 e. The van der Waals surface area contributed by atoms with Crippen molar-refractivity contribution in [2.24, 2.45) is 0 Å². The average molecular weight is 619 g/mol. The maximum absolute atomic E-state index is 6.65. The summed E-state index contributed by atoms with van der Waals surface area (Å²) in [6, 6.07) is 60.6. The summed E-state index contributed by atoms with van der Waals surface area (Å²) in [5, 5.41) is 0. The molecule has 2 aliphatic heterocycles. The van der Waals surface area contributed by atoms with Crippen LogP contribution < -0.4 is 14.5 Å². The van der Waals surface area contributed by atoms with Crippen LogP contribution in [0, 0.1) is 0 Å². The molecule has 0 amide bonds. The fourth-order valence-electron chi connectivity index (χ4n) is 7.51. The van der Waals surface area contributed by atoms with E-state index in [1.54, 1.807) is 0 Å². The van der Waals surface area contributed by atoms with Crippen molar-refractivity contribution in [1.29, 1.82) is 0 Å². The lowest BCUT2D eigenvalue weighted by Gasteiger charge is -2.46. The van der Waals surface area contributed by atoms with Crippen LogP contribution in [-0.2, 0) is 5.41 Å². The number of hydrogen-bond acceptors (Lipinski definition) is 3. The van der Waals surface area contributed by atoms with Gasteiger partial charge in [-0.25, -0.2) is 0 Å². The number of para-hydroxylation sites is 3. The monoisotopic (exact) mass is 618 g/mol. The highest BCUT2D eigenvalue weighted by molar-refractivity contribution is 5.97. The van der Waals surface area contributed by atoms with Gasteiger partial charge in [0.25, 0.3) is 0 Å². The first-order chi connectivity index (χ1) is 23.6. The Balaban J connectivity index is 1.27. The van der Waals surface area contributed by atoms with Gasteiger partial charge in [-0.1, -0.05) is 129 Å². The summed E-state index contributed by atoms with van der Waals surface area (Å²) in [6.07, 6.45) is 0. The molecule has 0 bridgehead atoms. The number of fused-ring (bicyclic) bond motifs is 4. The van der Waals surface area contributed by atoms with Crippen LogP contribution >= 0.6 is 0 Å². The lowest BCUT2D eigenvalue weighted by atomic mass is 9.72. The molecular formula is C45H34N2O. The number of benzene rings is 7. The minimum Gasteiger partial charge on any atom is -0.453 e. The van der Waals surface area contributed by atoms with Crippen LogP contribution in [0.25, 0.3) is 22.3 Å². The second kappa shape index (κ2) is 11.0. The molecule has 3 heteroatoms. The zero-order valence-corrected chi connectivity index (χ0v) is 27.0. The van der Waals surface area contributed by atoms with E-state index in [4.69, 9.17) is 4.74 Å². The van der Waals surface area contributed by atoms with Gasteiger partial charge in [0.05, 0.1) is 22.7 Å². The van der Waals surface area contributed by atoms with Gasteiger partial charge < -0.3 is 14.5 Å². The maximum atomic E-state index is 6.65. The Bertz CT molecular complexity index is 2190. The normalized spacial score (nSPS) is 13.5. The molecule has 0 aromatic heterocycles. The fourth-order valence-corrected chi connectivity index (χ4v) is 7.51. The molecule has 230 valence electrons. The van der Waals surface area contributed by atoms with Crippen molar-refractivity contribution in [3.8, 4) is 33.8 Å². The third-order valence-corrected chi connectivity index (χ3v) is 9.82. The van der Waals surface area contributed by atoms with E-state index < -0.39 is 0 Å². The van der Waals surface area contributed by atoms with Crippen LogP contribution in [0.1, 0.15) is 25.0 Å². The molecule has 0 aliphatic carbocycles. The Morgan fingerprint density at radius 1 is 0.458 bits per heavy atom. The molecule has 2 heterocycles. The number of hydrogen-bond donors (Lipinski definition) is 0. The van der Waals surface area contributed by atoms with Crippen LogP contribution in [0.3, 0.4) is 0 Å². The van der Waals surface area contributed by atoms with Crippen molar-refractivity contribution in [3.05, 3.63) is 181 Å². The van der Waals surface area contributed by atoms with Crippen LogP contribution in [0.5, 0.6) is 11.5 Å². The van der Waals surface area contributed by atoms with E-state index >= 15 is 0 Å². The van der Waals surface area contributed by atoms with E-state index in [9.17, 15) is 0 Å². The van der Waals surface area contributed by atoms with Gasteiger partial charge in [0, 0.05) is 22.4 Å². The van der Waals surface area contributed by atoms with E-state index in [2.05, 4.69) is 187 Å². The average Bonchev–Trinajstić information content (AvgIpc) is 3.15. The molecule has 0 N–H and O–H groups in total. The van der Waals surface area contributed by atoms with Gasteiger partial charge in [0.15, 0.2) is 11.5 Å². The zero-order chi connectivity index (χ0) is 32.2. The Hall–Kier alpha value is -6.06. The van der Waals surface area contributed by atoms with Gasteiger partial charge >= 0.3 is 0 Å². The highest BCUT2D eigenvalue weighted by atomic mass is 16.5. The highest BCUT2D eigenvalue weighted by Crippen LogP contribution is 2.62. The molecular weight excluding hydrogens is 585 g/mol. The van der Waals surface area contributed by atoms with E-state index in [-0.39, 0.29) is 5.41 Å². The van der Waals surface area contributed by atoms with Crippen molar-refractivity contribution in [1.82, 2.24) is 0 Å². The van der Waals surface area contributed by atoms with Crippen molar-refractivity contribution < 1.29 is 4.74 Å². The molecule has 0 fully saturated rings. The van der Waals surface area contributed by atoms with E-state index in [0.717, 1.165) is 39.9 Å². The summed E-state index contributed by atoms with van der Waals surface area (Å²) >= 11 is 0. The molecule has 0 radical (unpaired) electrons. The topological polar surface area (TPSA) is 15.7 Å². The van der Waals surface area contributed by atoms with E-state index in [0.29, 0.717) is 0 Å². The van der Waals surface area contributed by atoms with Crippen LogP contribution in [-0.4, -0.2) is 0 Å². The van der Waals surface area contributed by atoms with Crippen LogP contribution in [0.4, 0.5) is 34.1 Å². The molecule has 7 aromatic rings. The van der Waals surface area contributed by atoms with Gasteiger partial charge in [0.1, 0.15) is 0 Å². The summed E-state index contributed by atoms with van der Waals surface area (Å²) < 4.78 is 6.65. The summed E-state index contributed by atoms with van der Waals surface area (Å²) in [6.45, 7) is 4.69. The summed E-state index contributed by atoms with van der Waals surface area (Å²) in [4.78, 5) is 4.82. The fraction of sp³-hybridized carbons (Fsp3) is 0.0667. The molecule has 0 spiro atoms. The molecule has 0 saturated carbocycles. The van der Waals surface area contributed by atoms with Crippen molar-refractivity contribution in [2.75, 3.05) is 9.80 Å². The second-order valence-corrected chi connectivity index (χ2v) is 13.0. The first kappa shape index (κ1) is 28.2. The molecule has 3 nitrogen and oxygen atoms in total. The van der Waals surface area contributed by atoms with Gasteiger partial charge in [-0.2, -0.15) is 0 Å². The third-order valence-electron chi connectivity index (χ3n) is 9.82. The lowest BCUT2D eigenvalue weighted by molar-refractivity contribution is 0.471. The SMILES string of the molecule is CC1(C)c2ccccc2N2c3ccccc3Oc3ccc(N(c4ccc(-c5ccccc5)cc4)c4ccc(-c5ccccc5)cc4)c1c32. The lowest BCUT2D eigenvalue weighted by Crippen LogP contribution is -2.34. The van der Waals surface area contributed by atoms with Gasteiger partial charge in [-0.15, -0.1) is 0 Å². The predicted molar refractivity (Wildman–Crippen MR) is 199 cm³/mol. The number of nitrogens with zero attached hydrogens (tertiary/aromatic N) is 2. The predicted octanol–water partition coefficient (Wildman–Crippen LogP) is 12.7. The quantitative estimate of drug-likeness (QED) is 0.191. The Labute approximate surface area is 281 Å². The zero-order valence-electron chi connectivity index (χ0n) is 27.0. The van der Waals surface area contributed by atoms with Crippen molar-refractivity contribution in [3.63, 3.8) is 0 Å². The van der Waals surface area contributed by atoms with Crippen molar-refractivity contribution >= 4 is 34.1 Å². The van der Waals surface area contributed by atoms with Crippen LogP contribution in [0.2, 0.25) is 0 Å². The Morgan fingerprint density at radius 2 is 0.958 bits per heavy atom. The Morgan fingerprint density at radius 3 is 1.56 bits per heavy atom.